The van der Waals surface area contributed by atoms with Crippen molar-refractivity contribution < 1.29 is 0 Å². The second-order valence-corrected chi connectivity index (χ2v) is 3.92. The lowest BCUT2D eigenvalue weighted by Crippen LogP contribution is -2.43. The number of piperazine rings is 1. The van der Waals surface area contributed by atoms with Crippen LogP contribution in [0.4, 0.5) is 5.69 Å². The summed E-state index contributed by atoms with van der Waals surface area (Å²) in [6, 6.07) is 7.54. The van der Waals surface area contributed by atoms with Gasteiger partial charge in [0, 0.05) is 26.2 Å². The van der Waals surface area contributed by atoms with Crippen LogP contribution in [-0.2, 0) is 0 Å². The summed E-state index contributed by atoms with van der Waals surface area (Å²) in [6.07, 6.45) is 0. The average Bonchev–Trinajstić information content (AvgIpc) is 2.30. The first-order valence-corrected chi connectivity index (χ1v) is 5.34. The number of nitrogens with zero attached hydrogens (tertiary/aromatic N) is 2. The van der Waals surface area contributed by atoms with E-state index in [4.69, 9.17) is 16.9 Å². The number of rotatable bonds is 1. The van der Waals surface area contributed by atoms with Gasteiger partial charge >= 0.3 is 0 Å². The van der Waals surface area contributed by atoms with E-state index in [2.05, 4.69) is 16.3 Å². The highest BCUT2D eigenvalue weighted by Crippen LogP contribution is 2.26. The van der Waals surface area contributed by atoms with Crippen LogP contribution in [0.3, 0.4) is 0 Å². The zero-order valence-electron chi connectivity index (χ0n) is 8.74. The highest BCUT2D eigenvalue weighted by Gasteiger charge is 2.13. The zero-order chi connectivity index (χ0) is 10.7. The number of nitrogens with one attached hydrogen (secondary N) is 1. The number of anilines is 1. The first-order valence-electron chi connectivity index (χ1n) is 4.96. The Balaban J connectivity index is 0.00000128. The molecule has 0 atom stereocenters. The maximum Gasteiger partial charge on any atom is 0.0992 e. The standard InChI is InChI=1S/C11H12ClN3.ClH/c12-10-7-9(8-13)1-2-11(10)15-5-3-14-4-6-15;/h1-2,7,14H,3-6H2;1H. The van der Waals surface area contributed by atoms with E-state index in [0.29, 0.717) is 10.6 Å². The van der Waals surface area contributed by atoms with Gasteiger partial charge < -0.3 is 10.2 Å². The third-order valence-electron chi connectivity index (χ3n) is 2.53. The van der Waals surface area contributed by atoms with Gasteiger partial charge in [0.25, 0.3) is 0 Å². The molecule has 1 fully saturated rings. The SMILES string of the molecule is Cl.N#Cc1ccc(N2CCNCC2)c(Cl)c1. The minimum absolute atomic E-state index is 0. The smallest absolute Gasteiger partial charge is 0.0992 e. The van der Waals surface area contributed by atoms with Gasteiger partial charge in [-0.1, -0.05) is 11.6 Å². The van der Waals surface area contributed by atoms with Crippen molar-refractivity contribution in [3.63, 3.8) is 0 Å². The second kappa shape index (κ2) is 5.95. The molecule has 0 aromatic heterocycles. The molecule has 5 heteroatoms. The summed E-state index contributed by atoms with van der Waals surface area (Å²) in [7, 11) is 0. The normalized spacial score (nSPS) is 15.1. The van der Waals surface area contributed by atoms with E-state index < -0.39 is 0 Å². The first-order chi connectivity index (χ1) is 7.31. The Morgan fingerprint density at radius 2 is 2.00 bits per heavy atom. The Hall–Kier alpha value is -0.950. The van der Waals surface area contributed by atoms with Crippen molar-refractivity contribution in [2.45, 2.75) is 0 Å². The van der Waals surface area contributed by atoms with Crippen molar-refractivity contribution in [3.8, 4) is 6.07 Å². The highest BCUT2D eigenvalue weighted by molar-refractivity contribution is 6.33. The van der Waals surface area contributed by atoms with Crippen LogP contribution in [-0.4, -0.2) is 26.2 Å². The van der Waals surface area contributed by atoms with Crippen molar-refractivity contribution in [1.82, 2.24) is 5.32 Å². The Morgan fingerprint density at radius 1 is 1.31 bits per heavy atom. The average molecular weight is 258 g/mol. The summed E-state index contributed by atoms with van der Waals surface area (Å²) in [5.74, 6) is 0. The van der Waals surface area contributed by atoms with Crippen molar-refractivity contribution >= 4 is 29.7 Å². The molecule has 1 heterocycles. The molecule has 0 amide bonds. The number of hydrogen-bond donors (Lipinski definition) is 1. The van der Waals surface area contributed by atoms with Crippen LogP contribution in [0, 0.1) is 11.3 Å². The van der Waals surface area contributed by atoms with E-state index in [-0.39, 0.29) is 12.4 Å². The van der Waals surface area contributed by atoms with Crippen molar-refractivity contribution in [3.05, 3.63) is 28.8 Å². The molecule has 0 saturated carbocycles. The number of nitriles is 1. The summed E-state index contributed by atoms with van der Waals surface area (Å²) in [6.45, 7) is 3.89. The molecule has 1 saturated heterocycles. The second-order valence-electron chi connectivity index (χ2n) is 3.52. The predicted octanol–water partition coefficient (Wildman–Crippen LogP) is 2.04. The fourth-order valence-corrected chi connectivity index (χ4v) is 2.04. The Bertz CT molecular complexity index is 395. The molecule has 16 heavy (non-hydrogen) atoms. The minimum atomic E-state index is 0. The predicted molar refractivity (Wildman–Crippen MR) is 68.5 cm³/mol. The Kier molecular flexibility index (Phi) is 4.88. The lowest BCUT2D eigenvalue weighted by Gasteiger charge is -2.30. The van der Waals surface area contributed by atoms with Gasteiger partial charge in [-0.3, -0.25) is 0 Å². The maximum absolute atomic E-state index is 8.73. The van der Waals surface area contributed by atoms with Gasteiger partial charge in [-0.25, -0.2) is 0 Å². The van der Waals surface area contributed by atoms with Crippen LogP contribution < -0.4 is 10.2 Å². The van der Waals surface area contributed by atoms with Gasteiger partial charge in [-0.2, -0.15) is 5.26 Å². The molecule has 0 aliphatic carbocycles. The van der Waals surface area contributed by atoms with Crippen LogP contribution in [0.1, 0.15) is 5.56 Å². The lowest BCUT2D eigenvalue weighted by atomic mass is 10.2. The molecule has 86 valence electrons. The summed E-state index contributed by atoms with van der Waals surface area (Å²) >= 11 is 6.13. The van der Waals surface area contributed by atoms with Crippen LogP contribution in [0.5, 0.6) is 0 Å². The molecular formula is C11H13Cl2N3. The highest BCUT2D eigenvalue weighted by atomic mass is 35.5. The zero-order valence-corrected chi connectivity index (χ0v) is 10.3. The van der Waals surface area contributed by atoms with Crippen LogP contribution in [0.15, 0.2) is 18.2 Å². The van der Waals surface area contributed by atoms with Gasteiger partial charge in [-0.15, -0.1) is 12.4 Å². The van der Waals surface area contributed by atoms with E-state index in [1.54, 1.807) is 6.07 Å². The van der Waals surface area contributed by atoms with Gasteiger partial charge in [0.15, 0.2) is 0 Å². The molecule has 1 N–H and O–H groups in total. The fraction of sp³-hybridized carbons (Fsp3) is 0.364. The van der Waals surface area contributed by atoms with Crippen LogP contribution in [0.2, 0.25) is 5.02 Å². The van der Waals surface area contributed by atoms with E-state index in [1.807, 2.05) is 12.1 Å². The largest absolute Gasteiger partial charge is 0.368 e. The van der Waals surface area contributed by atoms with Crippen molar-refractivity contribution in [1.29, 1.82) is 5.26 Å². The Morgan fingerprint density at radius 3 is 2.56 bits per heavy atom. The number of halogens is 2. The fourth-order valence-electron chi connectivity index (χ4n) is 1.74. The van der Waals surface area contributed by atoms with E-state index in [1.165, 1.54) is 0 Å². The summed E-state index contributed by atoms with van der Waals surface area (Å²) in [5.41, 5.74) is 1.64. The molecule has 1 aliphatic rings. The molecule has 0 spiro atoms. The molecule has 1 aliphatic heterocycles. The monoisotopic (exact) mass is 257 g/mol. The summed E-state index contributed by atoms with van der Waals surface area (Å²) in [5, 5.41) is 12.7. The van der Waals surface area contributed by atoms with Gasteiger partial charge in [-0.05, 0) is 18.2 Å². The van der Waals surface area contributed by atoms with Gasteiger partial charge in [0.2, 0.25) is 0 Å². The van der Waals surface area contributed by atoms with Crippen LogP contribution in [0.25, 0.3) is 0 Å². The number of hydrogen-bond acceptors (Lipinski definition) is 3. The first kappa shape index (κ1) is 13.1. The van der Waals surface area contributed by atoms with E-state index in [0.717, 1.165) is 31.9 Å². The molecule has 0 bridgehead atoms. The molecule has 1 aromatic carbocycles. The molecule has 1 aromatic rings. The minimum Gasteiger partial charge on any atom is -0.368 e. The van der Waals surface area contributed by atoms with Gasteiger partial charge in [0.05, 0.1) is 22.3 Å². The number of benzene rings is 1. The lowest BCUT2D eigenvalue weighted by molar-refractivity contribution is 0.589. The Labute approximate surface area is 106 Å². The molecule has 2 rings (SSSR count). The third-order valence-corrected chi connectivity index (χ3v) is 2.84. The quantitative estimate of drug-likeness (QED) is 0.837. The summed E-state index contributed by atoms with van der Waals surface area (Å²) < 4.78 is 0. The van der Waals surface area contributed by atoms with E-state index >= 15 is 0 Å². The third kappa shape index (κ3) is 2.79. The molecule has 3 nitrogen and oxygen atoms in total. The van der Waals surface area contributed by atoms with Gasteiger partial charge in [0.1, 0.15) is 0 Å². The topological polar surface area (TPSA) is 39.1 Å². The molecule has 0 unspecified atom stereocenters. The van der Waals surface area contributed by atoms with E-state index in [9.17, 15) is 0 Å². The molecular weight excluding hydrogens is 245 g/mol. The van der Waals surface area contributed by atoms with Crippen molar-refractivity contribution in [2.75, 3.05) is 31.1 Å². The molecule has 0 radical (unpaired) electrons. The van der Waals surface area contributed by atoms with Crippen molar-refractivity contribution in [2.24, 2.45) is 0 Å². The summed E-state index contributed by atoms with van der Waals surface area (Å²) in [4.78, 5) is 2.24. The maximum atomic E-state index is 8.73. The van der Waals surface area contributed by atoms with Crippen LogP contribution >= 0.6 is 24.0 Å².